The lowest BCUT2D eigenvalue weighted by atomic mass is 10.1. The average Bonchev–Trinajstić information content (AvgIpc) is 2.79. The predicted molar refractivity (Wildman–Crippen MR) is 69.0 cm³/mol. The highest BCUT2D eigenvalue weighted by Crippen LogP contribution is 2.23. The molecule has 0 spiro atoms. The van der Waals surface area contributed by atoms with Gasteiger partial charge in [-0.05, 0) is 17.9 Å². The van der Waals surface area contributed by atoms with Crippen molar-refractivity contribution in [3.63, 3.8) is 0 Å². The number of aromatic nitrogens is 2. The van der Waals surface area contributed by atoms with Gasteiger partial charge in [-0.2, -0.15) is 0 Å². The van der Waals surface area contributed by atoms with Crippen molar-refractivity contribution < 1.29 is 5.11 Å². The fraction of sp³-hybridized carbons (Fsp3) is 0.214. The van der Waals surface area contributed by atoms with Crippen LogP contribution in [0.2, 0.25) is 0 Å². The molecule has 0 bridgehead atoms. The molecular formula is C14H14N2O. The van der Waals surface area contributed by atoms with E-state index in [1.165, 1.54) is 10.8 Å². The first-order chi connectivity index (χ1) is 8.38. The molecule has 86 valence electrons. The van der Waals surface area contributed by atoms with Crippen LogP contribution in [0.4, 0.5) is 0 Å². The van der Waals surface area contributed by atoms with Crippen molar-refractivity contribution in [2.45, 2.75) is 12.8 Å². The van der Waals surface area contributed by atoms with E-state index >= 15 is 0 Å². The molecule has 3 nitrogen and oxygen atoms in total. The second-order valence-electron chi connectivity index (χ2n) is 4.19. The Hall–Kier alpha value is -1.87. The van der Waals surface area contributed by atoms with Crippen LogP contribution < -0.4 is 0 Å². The summed E-state index contributed by atoms with van der Waals surface area (Å²) in [6.45, 7) is 0.206. The minimum atomic E-state index is 0.206. The van der Waals surface area contributed by atoms with E-state index in [1.54, 1.807) is 0 Å². The lowest BCUT2D eigenvalue weighted by Crippen LogP contribution is -1.90. The van der Waals surface area contributed by atoms with Gasteiger partial charge in [0.1, 0.15) is 5.82 Å². The maximum Gasteiger partial charge on any atom is 0.107 e. The Morgan fingerprint density at radius 2 is 2.00 bits per heavy atom. The number of imidazole rings is 1. The number of rotatable bonds is 3. The summed E-state index contributed by atoms with van der Waals surface area (Å²) in [5.74, 6) is 0.949. The second-order valence-corrected chi connectivity index (χ2v) is 4.19. The normalized spacial score (nSPS) is 11.4. The van der Waals surface area contributed by atoms with Crippen LogP contribution in [0, 0.1) is 0 Å². The topological polar surface area (TPSA) is 48.9 Å². The standard InChI is InChI=1S/C14H14N2O/c17-9-3-6-13-15-12-8-7-10-4-1-2-5-11(10)14(12)16-13/h1-2,4-5,7-8,17H,3,6,9H2,(H,15,16). The fourth-order valence-corrected chi connectivity index (χ4v) is 2.16. The molecular weight excluding hydrogens is 212 g/mol. The molecule has 0 aliphatic carbocycles. The molecule has 0 saturated heterocycles. The number of aromatic amines is 1. The summed E-state index contributed by atoms with van der Waals surface area (Å²) in [5, 5.41) is 11.2. The highest BCUT2D eigenvalue weighted by molar-refractivity contribution is 6.04. The zero-order valence-corrected chi connectivity index (χ0v) is 9.48. The molecule has 3 aromatic rings. The number of H-pyrrole nitrogens is 1. The van der Waals surface area contributed by atoms with Gasteiger partial charge in [-0.1, -0.05) is 30.3 Å². The Morgan fingerprint density at radius 1 is 1.12 bits per heavy atom. The molecule has 0 saturated carbocycles. The van der Waals surface area contributed by atoms with E-state index in [-0.39, 0.29) is 6.61 Å². The molecule has 3 heteroatoms. The average molecular weight is 226 g/mol. The molecule has 2 aromatic carbocycles. The van der Waals surface area contributed by atoms with Crippen molar-refractivity contribution in [1.29, 1.82) is 0 Å². The zero-order valence-electron chi connectivity index (χ0n) is 9.48. The first-order valence-corrected chi connectivity index (χ1v) is 5.86. The van der Waals surface area contributed by atoms with E-state index in [2.05, 4.69) is 34.2 Å². The smallest absolute Gasteiger partial charge is 0.107 e. The van der Waals surface area contributed by atoms with Crippen molar-refractivity contribution in [3.05, 3.63) is 42.2 Å². The maximum atomic E-state index is 8.83. The SMILES string of the molecule is OCCCc1nc2c(ccc3ccccc32)[nH]1. The van der Waals surface area contributed by atoms with Gasteiger partial charge in [0.25, 0.3) is 0 Å². The van der Waals surface area contributed by atoms with Gasteiger partial charge in [0.2, 0.25) is 0 Å². The lowest BCUT2D eigenvalue weighted by Gasteiger charge is -1.96. The molecule has 0 atom stereocenters. The summed E-state index contributed by atoms with van der Waals surface area (Å²) in [5.41, 5.74) is 2.09. The Balaban J connectivity index is 2.17. The third kappa shape index (κ3) is 1.78. The van der Waals surface area contributed by atoms with Gasteiger partial charge < -0.3 is 10.1 Å². The fourth-order valence-electron chi connectivity index (χ4n) is 2.16. The Labute approximate surface area is 99.1 Å². The first kappa shape index (κ1) is 10.3. The third-order valence-electron chi connectivity index (χ3n) is 3.00. The van der Waals surface area contributed by atoms with Crippen LogP contribution in [-0.2, 0) is 6.42 Å². The summed E-state index contributed by atoms with van der Waals surface area (Å²) < 4.78 is 0. The van der Waals surface area contributed by atoms with Crippen LogP contribution in [-0.4, -0.2) is 21.7 Å². The predicted octanol–water partition coefficient (Wildman–Crippen LogP) is 2.64. The molecule has 1 heterocycles. The zero-order chi connectivity index (χ0) is 11.7. The van der Waals surface area contributed by atoms with E-state index in [9.17, 15) is 0 Å². The number of aliphatic hydroxyl groups excluding tert-OH is 1. The number of fused-ring (bicyclic) bond motifs is 3. The number of hydrogen-bond acceptors (Lipinski definition) is 2. The van der Waals surface area contributed by atoms with Crippen LogP contribution in [0.5, 0.6) is 0 Å². The van der Waals surface area contributed by atoms with Gasteiger partial charge in [0.15, 0.2) is 0 Å². The Bertz CT molecular complexity index is 657. The number of hydrogen-bond donors (Lipinski definition) is 2. The number of aryl methyl sites for hydroxylation is 1. The van der Waals surface area contributed by atoms with Gasteiger partial charge >= 0.3 is 0 Å². The van der Waals surface area contributed by atoms with Crippen LogP contribution in [0.15, 0.2) is 36.4 Å². The molecule has 0 fully saturated rings. The number of benzene rings is 2. The minimum absolute atomic E-state index is 0.206. The number of aliphatic hydroxyl groups is 1. The molecule has 1 aromatic heterocycles. The first-order valence-electron chi connectivity index (χ1n) is 5.86. The summed E-state index contributed by atoms with van der Waals surface area (Å²) in [6.07, 6.45) is 1.54. The third-order valence-corrected chi connectivity index (χ3v) is 3.00. The van der Waals surface area contributed by atoms with Gasteiger partial charge in [-0.15, -0.1) is 0 Å². The van der Waals surface area contributed by atoms with Crippen molar-refractivity contribution in [2.24, 2.45) is 0 Å². The summed E-state index contributed by atoms with van der Waals surface area (Å²) in [4.78, 5) is 7.91. The molecule has 0 radical (unpaired) electrons. The van der Waals surface area contributed by atoms with Crippen molar-refractivity contribution in [3.8, 4) is 0 Å². The number of nitrogens with one attached hydrogen (secondary N) is 1. The highest BCUT2D eigenvalue weighted by atomic mass is 16.2. The van der Waals surface area contributed by atoms with Crippen molar-refractivity contribution in [1.82, 2.24) is 9.97 Å². The van der Waals surface area contributed by atoms with Gasteiger partial charge in [0.05, 0.1) is 11.0 Å². The van der Waals surface area contributed by atoms with Crippen LogP contribution in [0.1, 0.15) is 12.2 Å². The van der Waals surface area contributed by atoms with Crippen molar-refractivity contribution >= 4 is 21.8 Å². The van der Waals surface area contributed by atoms with Crippen LogP contribution in [0.25, 0.3) is 21.8 Å². The van der Waals surface area contributed by atoms with Gasteiger partial charge in [0, 0.05) is 18.4 Å². The van der Waals surface area contributed by atoms with E-state index in [4.69, 9.17) is 5.11 Å². The monoisotopic (exact) mass is 226 g/mol. The Kier molecular flexibility index (Phi) is 2.53. The molecule has 0 unspecified atom stereocenters. The quantitative estimate of drug-likeness (QED) is 0.721. The number of nitrogens with zero attached hydrogens (tertiary/aromatic N) is 1. The van der Waals surface area contributed by atoms with E-state index in [0.29, 0.717) is 0 Å². The molecule has 3 rings (SSSR count). The summed E-state index contributed by atoms with van der Waals surface area (Å²) in [6, 6.07) is 12.4. The molecule has 2 N–H and O–H groups in total. The van der Waals surface area contributed by atoms with Gasteiger partial charge in [-0.3, -0.25) is 0 Å². The molecule has 0 amide bonds. The largest absolute Gasteiger partial charge is 0.396 e. The molecule has 0 aliphatic heterocycles. The summed E-state index contributed by atoms with van der Waals surface area (Å²) >= 11 is 0. The van der Waals surface area contributed by atoms with Crippen LogP contribution in [0.3, 0.4) is 0 Å². The maximum absolute atomic E-state index is 8.83. The molecule has 0 aliphatic rings. The molecule has 17 heavy (non-hydrogen) atoms. The van der Waals surface area contributed by atoms with Crippen LogP contribution >= 0.6 is 0 Å². The van der Waals surface area contributed by atoms with E-state index in [1.807, 2.05) is 12.1 Å². The highest BCUT2D eigenvalue weighted by Gasteiger charge is 2.05. The van der Waals surface area contributed by atoms with Crippen molar-refractivity contribution in [2.75, 3.05) is 6.61 Å². The van der Waals surface area contributed by atoms with E-state index < -0.39 is 0 Å². The second kappa shape index (κ2) is 4.18. The van der Waals surface area contributed by atoms with Gasteiger partial charge in [-0.25, -0.2) is 4.98 Å². The minimum Gasteiger partial charge on any atom is -0.396 e. The summed E-state index contributed by atoms with van der Waals surface area (Å²) in [7, 11) is 0. The lowest BCUT2D eigenvalue weighted by molar-refractivity contribution is 0.287. The van der Waals surface area contributed by atoms with E-state index in [0.717, 1.165) is 29.7 Å². The Morgan fingerprint density at radius 3 is 2.88 bits per heavy atom.